The standard InChI is InChI=1S/C11H11NO4/c1-3-15-11(13)10-8-5-4-7(14-2)6-9(8)12-16-10/h4-6H,3H2,1-2H3. The van der Waals surface area contributed by atoms with E-state index in [9.17, 15) is 4.79 Å². The largest absolute Gasteiger partial charge is 0.497 e. The average molecular weight is 221 g/mol. The molecule has 1 aromatic heterocycles. The molecular formula is C11H11NO4. The highest BCUT2D eigenvalue weighted by molar-refractivity contribution is 6.01. The molecule has 0 N–H and O–H groups in total. The summed E-state index contributed by atoms with van der Waals surface area (Å²) in [7, 11) is 1.56. The average Bonchev–Trinajstić information content (AvgIpc) is 2.71. The highest BCUT2D eigenvalue weighted by Crippen LogP contribution is 2.23. The number of carbonyl (C=O) groups excluding carboxylic acids is 1. The number of ether oxygens (including phenoxy) is 2. The van der Waals surface area contributed by atoms with Crippen LogP contribution in [0, 0.1) is 0 Å². The van der Waals surface area contributed by atoms with Crippen molar-refractivity contribution >= 4 is 16.9 Å². The van der Waals surface area contributed by atoms with E-state index in [1.165, 1.54) is 0 Å². The summed E-state index contributed by atoms with van der Waals surface area (Å²) < 4.78 is 14.8. The van der Waals surface area contributed by atoms with Crippen molar-refractivity contribution in [2.75, 3.05) is 13.7 Å². The maximum Gasteiger partial charge on any atom is 0.377 e. The lowest BCUT2D eigenvalue weighted by Crippen LogP contribution is -2.03. The maximum absolute atomic E-state index is 11.5. The van der Waals surface area contributed by atoms with Gasteiger partial charge in [0.1, 0.15) is 11.3 Å². The monoisotopic (exact) mass is 221 g/mol. The minimum absolute atomic E-state index is 0.125. The predicted molar refractivity (Wildman–Crippen MR) is 56.5 cm³/mol. The summed E-state index contributed by atoms with van der Waals surface area (Å²) in [6.07, 6.45) is 0. The van der Waals surface area contributed by atoms with E-state index in [-0.39, 0.29) is 5.76 Å². The SMILES string of the molecule is CCOC(=O)c1onc2cc(OC)ccc12. The Morgan fingerprint density at radius 2 is 2.31 bits per heavy atom. The van der Waals surface area contributed by atoms with Crippen molar-refractivity contribution in [3.05, 3.63) is 24.0 Å². The number of esters is 1. The lowest BCUT2D eigenvalue weighted by molar-refractivity contribution is 0.0483. The molecule has 5 nitrogen and oxygen atoms in total. The predicted octanol–water partition coefficient (Wildman–Crippen LogP) is 2.01. The first kappa shape index (κ1) is 10.5. The smallest absolute Gasteiger partial charge is 0.377 e. The second kappa shape index (κ2) is 4.22. The van der Waals surface area contributed by atoms with Crippen LogP contribution in [-0.4, -0.2) is 24.8 Å². The highest BCUT2D eigenvalue weighted by Gasteiger charge is 2.17. The van der Waals surface area contributed by atoms with Gasteiger partial charge in [0, 0.05) is 6.07 Å². The number of nitrogens with zero attached hydrogens (tertiary/aromatic N) is 1. The third-order valence-electron chi connectivity index (χ3n) is 2.15. The van der Waals surface area contributed by atoms with Gasteiger partial charge in [0.25, 0.3) is 5.76 Å². The summed E-state index contributed by atoms with van der Waals surface area (Å²) in [6, 6.07) is 5.15. The number of benzene rings is 1. The van der Waals surface area contributed by atoms with Gasteiger partial charge in [-0.1, -0.05) is 5.16 Å². The van der Waals surface area contributed by atoms with E-state index in [1.54, 1.807) is 32.2 Å². The first-order chi connectivity index (χ1) is 7.76. The lowest BCUT2D eigenvalue weighted by atomic mass is 10.2. The molecule has 0 saturated heterocycles. The van der Waals surface area contributed by atoms with Crippen LogP contribution < -0.4 is 4.74 Å². The summed E-state index contributed by atoms with van der Waals surface area (Å²) in [4.78, 5) is 11.5. The third-order valence-corrected chi connectivity index (χ3v) is 2.15. The van der Waals surface area contributed by atoms with Gasteiger partial charge in [0.05, 0.1) is 19.1 Å². The van der Waals surface area contributed by atoms with Crippen molar-refractivity contribution in [3.63, 3.8) is 0 Å². The summed E-state index contributed by atoms with van der Waals surface area (Å²) in [5.74, 6) is 0.283. The fraction of sp³-hybridized carbons (Fsp3) is 0.273. The zero-order chi connectivity index (χ0) is 11.5. The molecule has 16 heavy (non-hydrogen) atoms. The molecule has 0 fully saturated rings. The quantitative estimate of drug-likeness (QED) is 0.742. The van der Waals surface area contributed by atoms with E-state index in [0.717, 1.165) is 0 Å². The number of methoxy groups -OCH3 is 1. The molecule has 1 heterocycles. The molecule has 0 atom stereocenters. The fourth-order valence-electron chi connectivity index (χ4n) is 1.39. The van der Waals surface area contributed by atoms with Crippen molar-refractivity contribution < 1.29 is 18.8 Å². The summed E-state index contributed by atoms with van der Waals surface area (Å²) in [5, 5.41) is 4.40. The fourth-order valence-corrected chi connectivity index (χ4v) is 1.39. The first-order valence-electron chi connectivity index (χ1n) is 4.86. The Balaban J connectivity index is 2.45. The summed E-state index contributed by atoms with van der Waals surface area (Å²) in [6.45, 7) is 2.04. The van der Waals surface area contributed by atoms with Gasteiger partial charge in [0.15, 0.2) is 0 Å². The molecule has 84 valence electrons. The van der Waals surface area contributed by atoms with E-state index >= 15 is 0 Å². The molecule has 0 bridgehead atoms. The number of rotatable bonds is 3. The van der Waals surface area contributed by atoms with Gasteiger partial charge < -0.3 is 14.0 Å². The number of hydrogen-bond acceptors (Lipinski definition) is 5. The molecule has 0 unspecified atom stereocenters. The molecule has 2 rings (SSSR count). The molecule has 0 radical (unpaired) electrons. The van der Waals surface area contributed by atoms with Crippen molar-refractivity contribution in [1.82, 2.24) is 5.16 Å². The van der Waals surface area contributed by atoms with Crippen LogP contribution in [0.4, 0.5) is 0 Å². The summed E-state index contributed by atoms with van der Waals surface area (Å²) >= 11 is 0. The zero-order valence-corrected chi connectivity index (χ0v) is 9.02. The van der Waals surface area contributed by atoms with Crippen LogP contribution in [0.25, 0.3) is 10.9 Å². The number of aromatic nitrogens is 1. The van der Waals surface area contributed by atoms with Gasteiger partial charge >= 0.3 is 5.97 Å². The summed E-state index contributed by atoms with van der Waals surface area (Å²) in [5.41, 5.74) is 0.572. The second-order valence-electron chi connectivity index (χ2n) is 3.12. The van der Waals surface area contributed by atoms with Crippen LogP contribution in [0.15, 0.2) is 22.7 Å². The lowest BCUT2D eigenvalue weighted by Gasteiger charge is -1.98. The molecule has 2 aromatic rings. The van der Waals surface area contributed by atoms with Crippen LogP contribution in [0.3, 0.4) is 0 Å². The molecule has 5 heteroatoms. The minimum atomic E-state index is -0.504. The minimum Gasteiger partial charge on any atom is -0.497 e. The van der Waals surface area contributed by atoms with E-state index in [4.69, 9.17) is 14.0 Å². The number of carbonyl (C=O) groups is 1. The van der Waals surface area contributed by atoms with Crippen molar-refractivity contribution in [1.29, 1.82) is 0 Å². The van der Waals surface area contributed by atoms with E-state index < -0.39 is 5.97 Å². The normalized spacial score (nSPS) is 10.4. The van der Waals surface area contributed by atoms with Gasteiger partial charge in [-0.3, -0.25) is 0 Å². The Morgan fingerprint density at radius 3 is 3.00 bits per heavy atom. The number of hydrogen-bond donors (Lipinski definition) is 0. The molecule has 0 aliphatic rings. The molecule has 0 saturated carbocycles. The molecule has 0 aliphatic heterocycles. The highest BCUT2D eigenvalue weighted by atomic mass is 16.6. The molecule has 0 aliphatic carbocycles. The Bertz CT molecular complexity index is 518. The third kappa shape index (κ3) is 1.71. The van der Waals surface area contributed by atoms with Crippen LogP contribution in [0.2, 0.25) is 0 Å². The first-order valence-corrected chi connectivity index (χ1v) is 4.86. The van der Waals surface area contributed by atoms with Crippen LogP contribution in [0.5, 0.6) is 5.75 Å². The molecular weight excluding hydrogens is 210 g/mol. The topological polar surface area (TPSA) is 61.6 Å². The van der Waals surface area contributed by atoms with Crippen molar-refractivity contribution in [2.45, 2.75) is 6.92 Å². The van der Waals surface area contributed by atoms with E-state index in [1.807, 2.05) is 0 Å². The zero-order valence-electron chi connectivity index (χ0n) is 9.02. The van der Waals surface area contributed by atoms with Crippen molar-refractivity contribution in [2.24, 2.45) is 0 Å². The van der Waals surface area contributed by atoms with Gasteiger partial charge in [-0.2, -0.15) is 0 Å². The number of fused-ring (bicyclic) bond motifs is 1. The molecule has 0 spiro atoms. The van der Waals surface area contributed by atoms with Crippen LogP contribution in [0.1, 0.15) is 17.5 Å². The Hall–Kier alpha value is -2.04. The van der Waals surface area contributed by atoms with Crippen LogP contribution in [-0.2, 0) is 4.74 Å². The van der Waals surface area contributed by atoms with Gasteiger partial charge in [-0.25, -0.2) is 4.79 Å². The Kier molecular flexibility index (Phi) is 2.76. The molecule has 1 aromatic carbocycles. The maximum atomic E-state index is 11.5. The molecule has 0 amide bonds. The van der Waals surface area contributed by atoms with E-state index in [2.05, 4.69) is 5.16 Å². The second-order valence-corrected chi connectivity index (χ2v) is 3.12. The van der Waals surface area contributed by atoms with Gasteiger partial charge in [-0.05, 0) is 19.1 Å². The van der Waals surface area contributed by atoms with Crippen LogP contribution >= 0.6 is 0 Å². The Labute approximate surface area is 91.9 Å². The van der Waals surface area contributed by atoms with Gasteiger partial charge in [-0.15, -0.1) is 0 Å². The van der Waals surface area contributed by atoms with E-state index in [0.29, 0.717) is 23.3 Å². The van der Waals surface area contributed by atoms with Gasteiger partial charge in [0.2, 0.25) is 0 Å². The van der Waals surface area contributed by atoms with Crippen molar-refractivity contribution in [3.8, 4) is 5.75 Å². The Morgan fingerprint density at radius 1 is 1.50 bits per heavy atom.